The Bertz CT molecular complexity index is 611. The van der Waals surface area contributed by atoms with E-state index in [0.29, 0.717) is 24.5 Å². The van der Waals surface area contributed by atoms with Gasteiger partial charge in [0.2, 0.25) is 0 Å². The number of carboxylic acids is 1. The van der Waals surface area contributed by atoms with Gasteiger partial charge < -0.3 is 15.2 Å². The normalized spacial score (nSPS) is 21.5. The molecule has 3 atom stereocenters. The van der Waals surface area contributed by atoms with Gasteiger partial charge in [-0.25, -0.2) is 0 Å². The summed E-state index contributed by atoms with van der Waals surface area (Å²) in [4.78, 5) is 23.6. The van der Waals surface area contributed by atoms with E-state index in [-0.39, 0.29) is 11.9 Å². The van der Waals surface area contributed by atoms with E-state index in [0.717, 1.165) is 17.5 Å². The van der Waals surface area contributed by atoms with E-state index in [2.05, 4.69) is 19.2 Å². The molecule has 132 valence electrons. The quantitative estimate of drug-likeness (QED) is 0.838. The molecule has 5 heteroatoms. The van der Waals surface area contributed by atoms with Gasteiger partial charge in [-0.05, 0) is 49.8 Å². The average Bonchev–Trinajstić information content (AvgIpc) is 2.95. The molecule has 1 unspecified atom stereocenters. The van der Waals surface area contributed by atoms with Crippen LogP contribution < -0.4 is 10.1 Å². The van der Waals surface area contributed by atoms with Gasteiger partial charge in [0.05, 0.1) is 5.92 Å². The maximum Gasteiger partial charge on any atom is 0.308 e. The third kappa shape index (κ3) is 4.28. The van der Waals surface area contributed by atoms with Crippen LogP contribution in [0.3, 0.4) is 0 Å². The molecule has 24 heavy (non-hydrogen) atoms. The molecule has 0 saturated heterocycles. The molecule has 0 radical (unpaired) electrons. The molecule has 1 aromatic rings. The van der Waals surface area contributed by atoms with Crippen LogP contribution in [0.15, 0.2) is 18.2 Å². The third-order valence-electron chi connectivity index (χ3n) is 4.62. The predicted octanol–water partition coefficient (Wildman–Crippen LogP) is 3.26. The fourth-order valence-corrected chi connectivity index (χ4v) is 3.19. The van der Waals surface area contributed by atoms with Crippen LogP contribution in [-0.4, -0.2) is 29.1 Å². The molecule has 2 rings (SSSR count). The maximum atomic E-state index is 12.4. The Hall–Kier alpha value is -2.04. The molecule has 0 heterocycles. The number of amides is 1. The first-order chi connectivity index (χ1) is 11.3. The number of ether oxygens (including phenoxy) is 1. The molecule has 0 spiro atoms. The highest BCUT2D eigenvalue weighted by molar-refractivity contribution is 5.82. The summed E-state index contributed by atoms with van der Waals surface area (Å²) in [5, 5.41) is 12.1. The number of nitrogens with one attached hydrogen (secondary N) is 1. The summed E-state index contributed by atoms with van der Waals surface area (Å²) in [6, 6.07) is 5.69. The third-order valence-corrected chi connectivity index (χ3v) is 4.62. The number of carbonyl (C=O) groups is 2. The molecule has 1 aliphatic carbocycles. The van der Waals surface area contributed by atoms with Crippen molar-refractivity contribution in [2.45, 2.75) is 65.0 Å². The molecule has 1 saturated carbocycles. The van der Waals surface area contributed by atoms with Crippen molar-refractivity contribution in [2.75, 3.05) is 0 Å². The van der Waals surface area contributed by atoms with Crippen LogP contribution in [0.4, 0.5) is 0 Å². The molecule has 2 N–H and O–H groups in total. The Balaban J connectivity index is 2.04. The van der Waals surface area contributed by atoms with Crippen LogP contribution in [0.1, 0.15) is 57.1 Å². The second kappa shape index (κ2) is 7.69. The van der Waals surface area contributed by atoms with Crippen molar-refractivity contribution in [3.05, 3.63) is 29.3 Å². The standard InChI is InChI=1S/C19H27NO4/c1-11(2)14-9-8-12(3)10-17(14)24-13(4)18(21)20-16-7-5-6-15(16)19(22)23/h8-11,13,15-16H,5-7H2,1-4H3,(H,20,21)(H,22,23)/t13?,15-,16+/m0/s1. The molecule has 1 fully saturated rings. The molecular weight excluding hydrogens is 306 g/mol. The van der Waals surface area contributed by atoms with Gasteiger partial charge in [-0.3, -0.25) is 9.59 Å². The number of hydrogen-bond acceptors (Lipinski definition) is 3. The molecular formula is C19H27NO4. The molecule has 0 aromatic heterocycles. The van der Waals surface area contributed by atoms with E-state index in [9.17, 15) is 14.7 Å². The SMILES string of the molecule is Cc1ccc(C(C)C)c(OC(C)C(=O)N[C@@H]2CCC[C@@H]2C(=O)O)c1. The van der Waals surface area contributed by atoms with E-state index < -0.39 is 18.0 Å². The molecule has 1 amide bonds. The first kappa shape index (κ1) is 18.3. The first-order valence-electron chi connectivity index (χ1n) is 8.60. The van der Waals surface area contributed by atoms with Crippen molar-refractivity contribution >= 4 is 11.9 Å². The average molecular weight is 333 g/mol. The van der Waals surface area contributed by atoms with Crippen LogP contribution in [-0.2, 0) is 9.59 Å². The zero-order chi connectivity index (χ0) is 17.9. The zero-order valence-corrected chi connectivity index (χ0v) is 14.8. The van der Waals surface area contributed by atoms with Crippen molar-refractivity contribution < 1.29 is 19.4 Å². The molecule has 1 aliphatic rings. The van der Waals surface area contributed by atoms with Gasteiger partial charge in [-0.1, -0.05) is 32.4 Å². The van der Waals surface area contributed by atoms with Crippen molar-refractivity contribution in [3.8, 4) is 5.75 Å². The number of rotatable bonds is 6. The Kier molecular flexibility index (Phi) is 5.86. The van der Waals surface area contributed by atoms with Gasteiger partial charge in [-0.2, -0.15) is 0 Å². The Labute approximate surface area is 143 Å². The summed E-state index contributed by atoms with van der Waals surface area (Å²) in [6.07, 6.45) is 1.48. The van der Waals surface area contributed by atoms with E-state index in [4.69, 9.17) is 4.74 Å². The number of benzene rings is 1. The molecule has 0 bridgehead atoms. The predicted molar refractivity (Wildman–Crippen MR) is 92.3 cm³/mol. The lowest BCUT2D eigenvalue weighted by Crippen LogP contribution is -2.45. The summed E-state index contributed by atoms with van der Waals surface area (Å²) in [6.45, 7) is 7.85. The van der Waals surface area contributed by atoms with Crippen LogP contribution in [0.2, 0.25) is 0 Å². The van der Waals surface area contributed by atoms with Gasteiger partial charge >= 0.3 is 5.97 Å². The summed E-state index contributed by atoms with van der Waals surface area (Å²) in [5.74, 6) is -0.584. The summed E-state index contributed by atoms with van der Waals surface area (Å²) < 4.78 is 5.90. The number of hydrogen-bond donors (Lipinski definition) is 2. The zero-order valence-electron chi connectivity index (χ0n) is 14.8. The Morgan fingerprint density at radius 1 is 1.25 bits per heavy atom. The van der Waals surface area contributed by atoms with Crippen molar-refractivity contribution in [1.82, 2.24) is 5.32 Å². The molecule has 0 aliphatic heterocycles. The minimum Gasteiger partial charge on any atom is -0.481 e. The van der Waals surface area contributed by atoms with Crippen molar-refractivity contribution in [2.24, 2.45) is 5.92 Å². The minimum atomic E-state index is -0.841. The number of carbonyl (C=O) groups excluding carboxylic acids is 1. The number of aliphatic carboxylic acids is 1. The van der Waals surface area contributed by atoms with Gasteiger partial charge in [0.15, 0.2) is 6.10 Å². The van der Waals surface area contributed by atoms with Gasteiger partial charge in [0.1, 0.15) is 5.75 Å². The lowest BCUT2D eigenvalue weighted by atomic mass is 10.0. The van der Waals surface area contributed by atoms with E-state index in [1.165, 1.54) is 0 Å². The van der Waals surface area contributed by atoms with Crippen molar-refractivity contribution in [1.29, 1.82) is 0 Å². The second-order valence-corrected chi connectivity index (χ2v) is 6.95. The number of aryl methyl sites for hydroxylation is 1. The van der Waals surface area contributed by atoms with Crippen LogP contribution in [0.5, 0.6) is 5.75 Å². The smallest absolute Gasteiger partial charge is 0.308 e. The maximum absolute atomic E-state index is 12.4. The van der Waals surface area contributed by atoms with E-state index >= 15 is 0 Å². The monoisotopic (exact) mass is 333 g/mol. The fourth-order valence-electron chi connectivity index (χ4n) is 3.19. The Morgan fingerprint density at radius 3 is 2.58 bits per heavy atom. The van der Waals surface area contributed by atoms with Crippen LogP contribution in [0, 0.1) is 12.8 Å². The highest BCUT2D eigenvalue weighted by Gasteiger charge is 2.34. The van der Waals surface area contributed by atoms with Crippen LogP contribution >= 0.6 is 0 Å². The van der Waals surface area contributed by atoms with Gasteiger partial charge in [0, 0.05) is 6.04 Å². The van der Waals surface area contributed by atoms with Gasteiger partial charge in [-0.15, -0.1) is 0 Å². The summed E-state index contributed by atoms with van der Waals surface area (Å²) in [5.41, 5.74) is 2.13. The van der Waals surface area contributed by atoms with E-state index in [1.54, 1.807) is 6.92 Å². The molecule has 5 nitrogen and oxygen atoms in total. The lowest BCUT2D eigenvalue weighted by molar-refractivity contribution is -0.142. The van der Waals surface area contributed by atoms with Gasteiger partial charge in [0.25, 0.3) is 5.91 Å². The highest BCUT2D eigenvalue weighted by atomic mass is 16.5. The first-order valence-corrected chi connectivity index (χ1v) is 8.60. The number of carboxylic acid groups (broad SMARTS) is 1. The second-order valence-electron chi connectivity index (χ2n) is 6.95. The minimum absolute atomic E-state index is 0.260. The topological polar surface area (TPSA) is 75.6 Å². The summed E-state index contributed by atoms with van der Waals surface area (Å²) >= 11 is 0. The van der Waals surface area contributed by atoms with Crippen LogP contribution in [0.25, 0.3) is 0 Å². The van der Waals surface area contributed by atoms with Crippen molar-refractivity contribution in [3.63, 3.8) is 0 Å². The largest absolute Gasteiger partial charge is 0.481 e. The Morgan fingerprint density at radius 2 is 1.96 bits per heavy atom. The summed E-state index contributed by atoms with van der Waals surface area (Å²) in [7, 11) is 0. The highest BCUT2D eigenvalue weighted by Crippen LogP contribution is 2.29. The fraction of sp³-hybridized carbons (Fsp3) is 0.579. The lowest BCUT2D eigenvalue weighted by Gasteiger charge is -2.22. The molecule has 1 aromatic carbocycles. The van der Waals surface area contributed by atoms with E-state index in [1.807, 2.05) is 25.1 Å².